The number of halogens is 1. The van der Waals surface area contributed by atoms with Gasteiger partial charge in [0.15, 0.2) is 0 Å². The smallest absolute Gasteiger partial charge is 0.303 e. The number of rotatable bonds is 7. The maximum absolute atomic E-state index is 13.4. The Morgan fingerprint density at radius 2 is 1.96 bits per heavy atom. The molecule has 1 saturated carbocycles. The summed E-state index contributed by atoms with van der Waals surface area (Å²) >= 11 is 0. The Hall–Kier alpha value is -2.37. The number of carbonyl (C=O) groups is 2. The van der Waals surface area contributed by atoms with Crippen molar-refractivity contribution < 1.29 is 19.1 Å². The summed E-state index contributed by atoms with van der Waals surface area (Å²) in [5.41, 5.74) is 0.454. The van der Waals surface area contributed by atoms with Crippen molar-refractivity contribution >= 4 is 22.8 Å². The van der Waals surface area contributed by atoms with Crippen molar-refractivity contribution in [3.8, 4) is 0 Å². The van der Waals surface area contributed by atoms with Crippen LogP contribution in [-0.4, -0.2) is 28.1 Å². The van der Waals surface area contributed by atoms with Crippen LogP contribution in [0.1, 0.15) is 44.9 Å². The lowest BCUT2D eigenvalue weighted by molar-refractivity contribution is -0.140. The average Bonchev–Trinajstić information content (AvgIpc) is 3.00. The van der Waals surface area contributed by atoms with E-state index < -0.39 is 5.97 Å². The van der Waals surface area contributed by atoms with Crippen molar-refractivity contribution in [3.63, 3.8) is 0 Å². The number of carboxylic acids is 1. The number of aryl methyl sites for hydroxylation is 1. The van der Waals surface area contributed by atoms with Gasteiger partial charge in [-0.1, -0.05) is 19.3 Å². The molecule has 1 aromatic carbocycles. The lowest BCUT2D eigenvalue weighted by atomic mass is 9.71. The molecule has 0 atom stereocenters. The number of amides is 1. The second-order valence-corrected chi connectivity index (χ2v) is 7.37. The molecule has 5 nitrogen and oxygen atoms in total. The van der Waals surface area contributed by atoms with Crippen molar-refractivity contribution in [1.29, 1.82) is 0 Å². The van der Waals surface area contributed by atoms with Crippen molar-refractivity contribution in [2.24, 2.45) is 5.41 Å². The molecule has 0 aliphatic heterocycles. The van der Waals surface area contributed by atoms with Gasteiger partial charge in [-0.25, -0.2) is 4.39 Å². The summed E-state index contributed by atoms with van der Waals surface area (Å²) in [6, 6.07) is 6.51. The Morgan fingerprint density at radius 1 is 1.19 bits per heavy atom. The topological polar surface area (TPSA) is 71.3 Å². The van der Waals surface area contributed by atoms with E-state index in [1.165, 1.54) is 12.1 Å². The van der Waals surface area contributed by atoms with Crippen LogP contribution in [0, 0.1) is 11.2 Å². The Bertz CT molecular complexity index is 793. The van der Waals surface area contributed by atoms with Gasteiger partial charge in [0.2, 0.25) is 5.91 Å². The number of aromatic nitrogens is 1. The van der Waals surface area contributed by atoms with Gasteiger partial charge in [0.25, 0.3) is 0 Å². The van der Waals surface area contributed by atoms with Gasteiger partial charge in [-0.15, -0.1) is 0 Å². The summed E-state index contributed by atoms with van der Waals surface area (Å²) in [6.07, 6.45) is 7.10. The highest BCUT2D eigenvalue weighted by atomic mass is 19.1. The molecular weight excluding hydrogens is 335 g/mol. The van der Waals surface area contributed by atoms with Crippen LogP contribution >= 0.6 is 0 Å². The molecule has 6 heteroatoms. The van der Waals surface area contributed by atoms with Gasteiger partial charge in [-0.3, -0.25) is 9.59 Å². The molecule has 2 aromatic rings. The van der Waals surface area contributed by atoms with E-state index in [9.17, 15) is 19.1 Å². The molecule has 26 heavy (non-hydrogen) atoms. The number of hydrogen-bond donors (Lipinski definition) is 2. The number of benzene rings is 1. The van der Waals surface area contributed by atoms with E-state index >= 15 is 0 Å². The third-order valence-electron chi connectivity index (χ3n) is 5.42. The Morgan fingerprint density at radius 3 is 2.69 bits per heavy atom. The van der Waals surface area contributed by atoms with Crippen LogP contribution in [0.2, 0.25) is 0 Å². The van der Waals surface area contributed by atoms with Gasteiger partial charge < -0.3 is 15.0 Å². The molecule has 0 radical (unpaired) electrons. The van der Waals surface area contributed by atoms with Gasteiger partial charge in [-0.2, -0.15) is 0 Å². The van der Waals surface area contributed by atoms with Crippen LogP contribution in [0.5, 0.6) is 0 Å². The number of nitrogens with zero attached hydrogens (tertiary/aromatic N) is 1. The van der Waals surface area contributed by atoms with Crippen LogP contribution in [0.25, 0.3) is 10.9 Å². The molecule has 0 spiro atoms. The lowest BCUT2D eigenvalue weighted by Gasteiger charge is -2.36. The zero-order valence-corrected chi connectivity index (χ0v) is 14.8. The average molecular weight is 360 g/mol. The number of nitrogens with one attached hydrogen (secondary N) is 1. The van der Waals surface area contributed by atoms with Crippen LogP contribution in [-0.2, 0) is 16.1 Å². The van der Waals surface area contributed by atoms with E-state index in [-0.39, 0.29) is 30.0 Å². The summed E-state index contributed by atoms with van der Waals surface area (Å²) < 4.78 is 15.3. The predicted molar refractivity (Wildman–Crippen MR) is 97.3 cm³/mol. The quantitative estimate of drug-likeness (QED) is 0.791. The van der Waals surface area contributed by atoms with Crippen molar-refractivity contribution in [2.75, 3.05) is 6.54 Å². The molecule has 3 rings (SSSR count). The van der Waals surface area contributed by atoms with Crippen molar-refractivity contribution in [2.45, 2.75) is 51.5 Å². The van der Waals surface area contributed by atoms with Gasteiger partial charge >= 0.3 is 5.97 Å². The molecule has 0 bridgehead atoms. The van der Waals surface area contributed by atoms with Crippen LogP contribution in [0.3, 0.4) is 0 Å². The molecule has 140 valence electrons. The summed E-state index contributed by atoms with van der Waals surface area (Å²) in [5, 5.41) is 13.1. The number of carboxylic acid groups (broad SMARTS) is 1. The normalized spacial score (nSPS) is 16.5. The Kier molecular flexibility index (Phi) is 5.59. The third-order valence-corrected chi connectivity index (χ3v) is 5.42. The highest BCUT2D eigenvalue weighted by Gasteiger charge is 2.34. The first-order chi connectivity index (χ1) is 12.5. The summed E-state index contributed by atoms with van der Waals surface area (Å²) in [5.74, 6) is -1.20. The highest BCUT2D eigenvalue weighted by Crippen LogP contribution is 2.38. The fraction of sp³-hybridized carbons (Fsp3) is 0.500. The van der Waals surface area contributed by atoms with Crippen LogP contribution in [0.15, 0.2) is 30.5 Å². The van der Waals surface area contributed by atoms with E-state index in [1.54, 1.807) is 6.07 Å². The Labute approximate surface area is 152 Å². The van der Waals surface area contributed by atoms with Crippen LogP contribution in [0.4, 0.5) is 4.39 Å². The SMILES string of the molecule is O=C(O)CC1(CNC(=O)CCn2ccc3ccc(F)cc32)CCCCC1. The highest BCUT2D eigenvalue weighted by molar-refractivity contribution is 5.80. The molecule has 0 unspecified atom stereocenters. The number of aliphatic carboxylic acids is 1. The summed E-state index contributed by atoms with van der Waals surface area (Å²) in [7, 11) is 0. The zero-order chi connectivity index (χ0) is 18.6. The lowest BCUT2D eigenvalue weighted by Crippen LogP contribution is -2.40. The minimum absolute atomic E-state index is 0.0985. The number of fused-ring (bicyclic) bond motifs is 1. The van der Waals surface area contributed by atoms with E-state index in [4.69, 9.17) is 0 Å². The summed E-state index contributed by atoms with van der Waals surface area (Å²) in [6.45, 7) is 0.879. The standard InChI is InChI=1S/C20H25FN2O3/c21-16-5-4-15-6-10-23(17(15)12-16)11-7-18(24)22-14-20(13-19(25)26)8-2-1-3-9-20/h4-6,10,12H,1-3,7-9,11,13-14H2,(H,22,24)(H,25,26). The molecule has 2 N–H and O–H groups in total. The molecule has 1 aromatic heterocycles. The van der Waals surface area contributed by atoms with Gasteiger partial charge in [-0.05, 0) is 47.9 Å². The minimum atomic E-state index is -0.804. The second kappa shape index (κ2) is 7.89. The Balaban J connectivity index is 1.56. The minimum Gasteiger partial charge on any atom is -0.481 e. The third kappa shape index (κ3) is 4.42. The molecule has 1 aliphatic carbocycles. The van der Waals surface area contributed by atoms with Gasteiger partial charge in [0.05, 0.1) is 11.9 Å². The fourth-order valence-electron chi connectivity index (χ4n) is 3.99. The zero-order valence-electron chi connectivity index (χ0n) is 14.8. The monoisotopic (exact) mass is 360 g/mol. The van der Waals surface area contributed by atoms with Gasteiger partial charge in [0.1, 0.15) is 5.82 Å². The summed E-state index contributed by atoms with van der Waals surface area (Å²) in [4.78, 5) is 23.5. The molecular formula is C20H25FN2O3. The first kappa shape index (κ1) is 18.4. The molecule has 1 fully saturated rings. The first-order valence-corrected chi connectivity index (χ1v) is 9.20. The molecule has 1 heterocycles. The molecule has 0 saturated heterocycles. The maximum Gasteiger partial charge on any atom is 0.303 e. The second-order valence-electron chi connectivity index (χ2n) is 7.37. The molecule has 1 amide bonds. The van der Waals surface area contributed by atoms with E-state index in [0.717, 1.165) is 43.0 Å². The first-order valence-electron chi connectivity index (χ1n) is 9.20. The van der Waals surface area contributed by atoms with E-state index in [1.807, 2.05) is 16.8 Å². The van der Waals surface area contributed by atoms with E-state index in [2.05, 4.69) is 5.32 Å². The van der Waals surface area contributed by atoms with Crippen molar-refractivity contribution in [3.05, 3.63) is 36.3 Å². The molecule has 1 aliphatic rings. The van der Waals surface area contributed by atoms with Crippen molar-refractivity contribution in [1.82, 2.24) is 9.88 Å². The fourth-order valence-corrected chi connectivity index (χ4v) is 3.99. The predicted octanol–water partition coefficient (Wildman–Crippen LogP) is 3.71. The maximum atomic E-state index is 13.4. The number of carbonyl (C=O) groups excluding carboxylic acids is 1. The van der Waals surface area contributed by atoms with Crippen LogP contribution < -0.4 is 5.32 Å². The number of hydrogen-bond acceptors (Lipinski definition) is 2. The van der Waals surface area contributed by atoms with E-state index in [0.29, 0.717) is 13.1 Å². The van der Waals surface area contributed by atoms with Gasteiger partial charge in [0, 0.05) is 25.7 Å². The largest absolute Gasteiger partial charge is 0.481 e.